The first kappa shape index (κ1) is 41.4. The zero-order valence-electron chi connectivity index (χ0n) is 30.2. The predicted octanol–water partition coefficient (Wildman–Crippen LogP) is 1.89. The van der Waals surface area contributed by atoms with E-state index in [1.807, 2.05) is 6.92 Å². The van der Waals surface area contributed by atoms with E-state index in [-0.39, 0.29) is 25.0 Å². The van der Waals surface area contributed by atoms with E-state index in [4.69, 9.17) is 10.5 Å². The third-order valence-electron chi connectivity index (χ3n) is 9.74. The van der Waals surface area contributed by atoms with Gasteiger partial charge in [-0.05, 0) is 51.9 Å². The van der Waals surface area contributed by atoms with Gasteiger partial charge in [-0.25, -0.2) is 0 Å². The van der Waals surface area contributed by atoms with Crippen LogP contribution in [0.15, 0.2) is 0 Å². The van der Waals surface area contributed by atoms with E-state index in [0.29, 0.717) is 25.7 Å². The highest BCUT2D eigenvalue weighted by Crippen LogP contribution is 2.28. The molecule has 1 aliphatic carbocycles. The Kier molecular flexibility index (Phi) is 18.4. The lowest BCUT2D eigenvalue weighted by Gasteiger charge is -2.36. The van der Waals surface area contributed by atoms with Crippen molar-refractivity contribution in [2.75, 3.05) is 20.2 Å². The molecule has 1 heterocycles. The number of hydrogen-bond acceptors (Lipinski definition) is 8. The first-order valence-electron chi connectivity index (χ1n) is 18.4. The fourth-order valence-electron chi connectivity index (χ4n) is 6.80. The van der Waals surface area contributed by atoms with Gasteiger partial charge in [0.1, 0.15) is 24.2 Å². The van der Waals surface area contributed by atoms with E-state index in [0.717, 1.165) is 57.8 Å². The molecule has 48 heavy (non-hydrogen) atoms. The number of nitrogens with zero attached hydrogens (tertiary/aromatic N) is 1. The van der Waals surface area contributed by atoms with Crippen molar-refractivity contribution in [3.05, 3.63) is 0 Å². The van der Waals surface area contributed by atoms with Crippen molar-refractivity contribution >= 4 is 29.5 Å². The Balaban J connectivity index is 2.60. The SMILES string of the molecule is CCCC[C@H]1OC[C@@H](C)NC(=O)[C@H]([C@H](C)O)NC(=O)[C@H](CN)NC(=O)[C@H](C2CCCCC2)NC(=O)[C@H](CCC)N(C)C(=O)[C@@H]1CCCC. The van der Waals surface area contributed by atoms with Crippen LogP contribution in [0.1, 0.15) is 118 Å². The minimum atomic E-state index is -1.32. The molecule has 1 aliphatic heterocycles. The Labute approximate surface area is 287 Å². The second-order valence-electron chi connectivity index (χ2n) is 13.8. The number of nitrogens with one attached hydrogen (secondary N) is 4. The molecule has 13 heteroatoms. The van der Waals surface area contributed by atoms with Crippen molar-refractivity contribution in [1.29, 1.82) is 0 Å². The summed E-state index contributed by atoms with van der Waals surface area (Å²) in [4.78, 5) is 70.5. The Morgan fingerprint density at radius 3 is 2.06 bits per heavy atom. The maximum atomic E-state index is 14.3. The normalized spacial score (nSPS) is 30.3. The van der Waals surface area contributed by atoms with Gasteiger partial charge in [-0.1, -0.05) is 72.1 Å². The van der Waals surface area contributed by atoms with Crippen LogP contribution in [-0.4, -0.2) is 102 Å². The highest BCUT2D eigenvalue weighted by Gasteiger charge is 2.39. The summed E-state index contributed by atoms with van der Waals surface area (Å²) >= 11 is 0. The number of unbranched alkanes of at least 4 members (excludes halogenated alkanes) is 2. The molecule has 0 radical (unpaired) electrons. The van der Waals surface area contributed by atoms with Gasteiger partial charge in [0.2, 0.25) is 29.5 Å². The number of amides is 5. The second-order valence-corrected chi connectivity index (χ2v) is 13.8. The lowest BCUT2D eigenvalue weighted by atomic mass is 9.83. The number of ether oxygens (including phenoxy) is 1. The largest absolute Gasteiger partial charge is 0.391 e. The number of carbonyl (C=O) groups is 5. The van der Waals surface area contributed by atoms with E-state index in [9.17, 15) is 29.1 Å². The third-order valence-corrected chi connectivity index (χ3v) is 9.74. The van der Waals surface area contributed by atoms with E-state index in [1.165, 1.54) is 11.8 Å². The van der Waals surface area contributed by atoms with Gasteiger partial charge in [0, 0.05) is 19.6 Å². The zero-order chi connectivity index (χ0) is 35.8. The van der Waals surface area contributed by atoms with E-state index in [2.05, 4.69) is 35.1 Å². The summed E-state index contributed by atoms with van der Waals surface area (Å²) in [7, 11) is 1.66. The summed E-state index contributed by atoms with van der Waals surface area (Å²) in [5.41, 5.74) is 5.93. The number of carbonyl (C=O) groups excluding carboxylic acids is 5. The first-order chi connectivity index (χ1) is 22.9. The smallest absolute Gasteiger partial charge is 0.245 e. The standard InChI is InChI=1S/C35H64N6O7/c1-7-10-18-25-28(19-11-8-2)48-21-22(4)37-33(45)29(23(5)42)39-31(43)26(20-36)38-34(46)30(24-16-13-12-14-17-24)40-32(44)27(15-9-3)41(6)35(25)47/h22-30,42H,7-21,36H2,1-6H3,(H,37,45)(H,38,46)(H,39,43)(H,40,44)/t22-,23+,25-,26+,27+,28-,29+,30+/m1/s1. The van der Waals surface area contributed by atoms with E-state index >= 15 is 0 Å². The van der Waals surface area contributed by atoms with Crippen LogP contribution in [0.5, 0.6) is 0 Å². The van der Waals surface area contributed by atoms with Crippen molar-refractivity contribution in [1.82, 2.24) is 26.2 Å². The van der Waals surface area contributed by atoms with Gasteiger partial charge in [-0.2, -0.15) is 0 Å². The van der Waals surface area contributed by atoms with Gasteiger partial charge in [0.25, 0.3) is 0 Å². The number of nitrogens with two attached hydrogens (primary N) is 1. The Bertz CT molecular complexity index is 1040. The number of aliphatic hydroxyl groups is 1. The molecule has 0 aromatic rings. The van der Waals surface area contributed by atoms with Gasteiger partial charge >= 0.3 is 0 Å². The molecule has 8 atom stereocenters. The lowest BCUT2D eigenvalue weighted by Crippen LogP contribution is -2.62. The van der Waals surface area contributed by atoms with Crippen molar-refractivity contribution in [2.24, 2.45) is 17.6 Å². The van der Waals surface area contributed by atoms with Crippen molar-refractivity contribution in [3.8, 4) is 0 Å². The molecule has 1 saturated carbocycles. The van der Waals surface area contributed by atoms with Crippen molar-refractivity contribution in [2.45, 2.75) is 161 Å². The summed E-state index contributed by atoms with van der Waals surface area (Å²) in [6.45, 7) is 9.06. The van der Waals surface area contributed by atoms with Crippen molar-refractivity contribution in [3.63, 3.8) is 0 Å². The second kappa shape index (κ2) is 21.3. The van der Waals surface area contributed by atoms with E-state index in [1.54, 1.807) is 14.0 Å². The highest BCUT2D eigenvalue weighted by atomic mass is 16.5. The van der Waals surface area contributed by atoms with Gasteiger partial charge in [0.05, 0.1) is 24.7 Å². The molecule has 0 bridgehead atoms. The molecular formula is C35H64N6O7. The molecule has 0 aromatic carbocycles. The molecule has 2 aliphatic rings. The third kappa shape index (κ3) is 12.3. The van der Waals surface area contributed by atoms with Crippen LogP contribution in [0.2, 0.25) is 0 Å². The molecule has 7 N–H and O–H groups in total. The number of aliphatic hydroxyl groups excluding tert-OH is 1. The Morgan fingerprint density at radius 1 is 0.833 bits per heavy atom. The lowest BCUT2D eigenvalue weighted by molar-refractivity contribution is -0.148. The maximum Gasteiger partial charge on any atom is 0.245 e. The van der Waals surface area contributed by atoms with Crippen LogP contribution in [-0.2, 0) is 28.7 Å². The van der Waals surface area contributed by atoms with Crippen molar-refractivity contribution < 1.29 is 33.8 Å². The van der Waals surface area contributed by atoms with E-state index < -0.39 is 72.0 Å². The molecule has 2 fully saturated rings. The van der Waals surface area contributed by atoms with Gasteiger partial charge in [0.15, 0.2) is 0 Å². The molecule has 0 unspecified atom stereocenters. The average Bonchev–Trinajstić information content (AvgIpc) is 3.07. The Hall–Kier alpha value is -2.77. The van der Waals surface area contributed by atoms with Crippen LogP contribution in [0.3, 0.4) is 0 Å². The monoisotopic (exact) mass is 680 g/mol. The first-order valence-corrected chi connectivity index (χ1v) is 18.4. The maximum absolute atomic E-state index is 14.3. The number of rotatable bonds is 11. The molecule has 2 rings (SSSR count). The predicted molar refractivity (Wildman–Crippen MR) is 184 cm³/mol. The molecule has 0 spiro atoms. The minimum absolute atomic E-state index is 0.101. The summed E-state index contributed by atoms with van der Waals surface area (Å²) in [5, 5.41) is 21.5. The topological polar surface area (TPSA) is 192 Å². The summed E-state index contributed by atoms with van der Waals surface area (Å²) < 4.78 is 6.40. The highest BCUT2D eigenvalue weighted by molar-refractivity contribution is 5.96. The van der Waals surface area contributed by atoms with Gasteiger partial charge < -0.3 is 41.7 Å². The fourth-order valence-corrected chi connectivity index (χ4v) is 6.80. The summed E-state index contributed by atoms with van der Waals surface area (Å²) in [5.74, 6) is -3.16. The zero-order valence-corrected chi connectivity index (χ0v) is 30.2. The van der Waals surface area contributed by atoms with Gasteiger partial charge in [-0.3, -0.25) is 24.0 Å². The average molecular weight is 681 g/mol. The van der Waals surface area contributed by atoms with Crippen LogP contribution < -0.4 is 27.0 Å². The molecule has 1 saturated heterocycles. The molecule has 0 aromatic heterocycles. The number of likely N-dealkylation sites (N-methyl/N-ethyl adjacent to an activating group) is 1. The molecule has 276 valence electrons. The summed E-state index contributed by atoms with van der Waals surface area (Å²) in [6, 6.07) is -4.80. The Morgan fingerprint density at radius 2 is 1.48 bits per heavy atom. The molecule has 5 amide bonds. The minimum Gasteiger partial charge on any atom is -0.391 e. The quantitative estimate of drug-likeness (QED) is 0.191. The van der Waals surface area contributed by atoms with Crippen LogP contribution in [0, 0.1) is 11.8 Å². The van der Waals surface area contributed by atoms with Crippen LogP contribution in [0.25, 0.3) is 0 Å². The molecule has 13 nitrogen and oxygen atoms in total. The summed E-state index contributed by atoms with van der Waals surface area (Å²) in [6.07, 6.45) is 8.28. The van der Waals surface area contributed by atoms with Crippen LogP contribution >= 0.6 is 0 Å². The molecular weight excluding hydrogens is 616 g/mol. The number of hydrogen-bond donors (Lipinski definition) is 6. The van der Waals surface area contributed by atoms with Crippen LogP contribution in [0.4, 0.5) is 0 Å². The van der Waals surface area contributed by atoms with Gasteiger partial charge in [-0.15, -0.1) is 0 Å². The fraction of sp³-hybridized carbons (Fsp3) is 0.857.